The van der Waals surface area contributed by atoms with Gasteiger partial charge in [-0.2, -0.15) is 0 Å². The Kier molecular flexibility index (Phi) is 3.72. The molecule has 0 atom stereocenters. The van der Waals surface area contributed by atoms with Crippen LogP contribution in [0.1, 0.15) is 11.9 Å². The first-order valence-electron chi connectivity index (χ1n) is 5.67. The van der Waals surface area contributed by atoms with Crippen molar-refractivity contribution in [2.45, 2.75) is 13.3 Å². The normalized spacial score (nSPS) is 10.4. The molecule has 0 aliphatic carbocycles. The summed E-state index contributed by atoms with van der Waals surface area (Å²) in [5, 5.41) is 1.73. The highest BCUT2D eigenvalue weighted by Gasteiger charge is 2.15. The average Bonchev–Trinajstić information content (AvgIpc) is 2.79. The Balaban J connectivity index is 2.56. The third-order valence-electron chi connectivity index (χ3n) is 2.66. The van der Waals surface area contributed by atoms with Crippen molar-refractivity contribution in [3.8, 4) is 22.8 Å². The molecule has 2 N–H and O–H groups in total. The van der Waals surface area contributed by atoms with Gasteiger partial charge in [-0.05, 0) is 24.6 Å². The topological polar surface area (TPSA) is 57.4 Å². The minimum atomic E-state index is 0.707. The van der Waals surface area contributed by atoms with Gasteiger partial charge in [0, 0.05) is 5.56 Å². The molecule has 2 rings (SSSR count). The molecular weight excluding hydrogens is 248 g/mol. The lowest BCUT2D eigenvalue weighted by Gasteiger charge is -2.09. The highest BCUT2D eigenvalue weighted by Crippen LogP contribution is 2.38. The Morgan fingerprint density at radius 2 is 2.06 bits per heavy atom. The summed E-state index contributed by atoms with van der Waals surface area (Å²) >= 11 is 1.51. The van der Waals surface area contributed by atoms with E-state index in [9.17, 15) is 0 Å². The van der Waals surface area contributed by atoms with Gasteiger partial charge < -0.3 is 15.2 Å². The number of nitrogens with zero attached hydrogens (tertiary/aromatic N) is 1. The van der Waals surface area contributed by atoms with Gasteiger partial charge in [0.25, 0.3) is 0 Å². The lowest BCUT2D eigenvalue weighted by atomic mass is 10.1. The summed E-state index contributed by atoms with van der Waals surface area (Å²) in [5.74, 6) is 1.51. The monoisotopic (exact) mass is 264 g/mol. The number of hydrogen-bond acceptors (Lipinski definition) is 5. The predicted octanol–water partition coefficient (Wildman–Crippen LogP) is 2.97. The van der Waals surface area contributed by atoms with Crippen LogP contribution in [0.4, 0.5) is 5.00 Å². The molecular formula is C13H16N2O2S. The van der Waals surface area contributed by atoms with Crippen molar-refractivity contribution in [2.75, 3.05) is 20.0 Å². The minimum Gasteiger partial charge on any atom is -0.497 e. The van der Waals surface area contributed by atoms with Crippen LogP contribution < -0.4 is 15.2 Å². The number of hydrogen-bond donors (Lipinski definition) is 1. The quantitative estimate of drug-likeness (QED) is 0.922. The summed E-state index contributed by atoms with van der Waals surface area (Å²) in [5.41, 5.74) is 7.66. The molecule has 0 amide bonds. The second-order valence-corrected chi connectivity index (χ2v) is 4.86. The van der Waals surface area contributed by atoms with Crippen molar-refractivity contribution in [1.29, 1.82) is 0 Å². The van der Waals surface area contributed by atoms with Crippen molar-refractivity contribution >= 4 is 16.3 Å². The molecule has 5 heteroatoms. The van der Waals surface area contributed by atoms with Gasteiger partial charge in [-0.15, -0.1) is 11.3 Å². The number of benzene rings is 1. The summed E-state index contributed by atoms with van der Waals surface area (Å²) in [7, 11) is 3.27. The zero-order valence-corrected chi connectivity index (χ0v) is 11.5. The van der Waals surface area contributed by atoms with Crippen LogP contribution in [0.3, 0.4) is 0 Å². The second-order valence-electron chi connectivity index (χ2n) is 3.74. The maximum absolute atomic E-state index is 6.02. The highest BCUT2D eigenvalue weighted by atomic mass is 32.1. The molecule has 1 aromatic carbocycles. The first-order valence-corrected chi connectivity index (χ1v) is 6.48. The third-order valence-corrected chi connectivity index (χ3v) is 3.69. The summed E-state index contributed by atoms with van der Waals surface area (Å²) in [6.45, 7) is 2.06. The fraction of sp³-hybridized carbons (Fsp3) is 0.308. The number of aryl methyl sites for hydroxylation is 1. The van der Waals surface area contributed by atoms with E-state index in [0.29, 0.717) is 5.00 Å². The van der Waals surface area contributed by atoms with Gasteiger partial charge in [0.2, 0.25) is 0 Å². The standard InChI is InChI=1S/C13H16N2O2S/c1-4-11-15-12(13(14)18-11)9-7-8(16-2)5-6-10(9)17-3/h5-7H,4,14H2,1-3H3. The zero-order chi connectivity index (χ0) is 13.1. The Labute approximate surface area is 110 Å². The van der Waals surface area contributed by atoms with E-state index in [4.69, 9.17) is 15.2 Å². The number of methoxy groups -OCH3 is 2. The number of ether oxygens (including phenoxy) is 2. The first-order chi connectivity index (χ1) is 8.69. The minimum absolute atomic E-state index is 0.707. The molecule has 0 bridgehead atoms. The maximum atomic E-state index is 6.02. The molecule has 1 heterocycles. The highest BCUT2D eigenvalue weighted by molar-refractivity contribution is 7.16. The predicted molar refractivity (Wildman–Crippen MR) is 74.4 cm³/mol. The smallest absolute Gasteiger partial charge is 0.128 e. The SMILES string of the molecule is CCc1nc(-c2cc(OC)ccc2OC)c(N)s1. The lowest BCUT2D eigenvalue weighted by molar-refractivity contribution is 0.404. The van der Waals surface area contributed by atoms with Gasteiger partial charge in [0.05, 0.1) is 19.2 Å². The van der Waals surface area contributed by atoms with Crippen molar-refractivity contribution in [3.05, 3.63) is 23.2 Å². The summed E-state index contributed by atoms with van der Waals surface area (Å²) in [6.07, 6.45) is 0.876. The van der Waals surface area contributed by atoms with E-state index in [1.165, 1.54) is 11.3 Å². The Hall–Kier alpha value is -1.75. The van der Waals surface area contributed by atoms with Crippen LogP contribution in [0.2, 0.25) is 0 Å². The molecule has 0 spiro atoms. The van der Waals surface area contributed by atoms with Crippen LogP contribution >= 0.6 is 11.3 Å². The molecule has 0 fully saturated rings. The molecule has 0 saturated carbocycles. The maximum Gasteiger partial charge on any atom is 0.128 e. The van der Waals surface area contributed by atoms with Crippen LogP contribution in [0.5, 0.6) is 11.5 Å². The van der Waals surface area contributed by atoms with Gasteiger partial charge in [-0.25, -0.2) is 4.98 Å². The van der Waals surface area contributed by atoms with E-state index < -0.39 is 0 Å². The molecule has 0 saturated heterocycles. The summed E-state index contributed by atoms with van der Waals surface area (Å²) < 4.78 is 10.6. The van der Waals surface area contributed by atoms with E-state index >= 15 is 0 Å². The van der Waals surface area contributed by atoms with Crippen LogP contribution in [0.25, 0.3) is 11.3 Å². The van der Waals surface area contributed by atoms with Gasteiger partial charge in [-0.1, -0.05) is 6.92 Å². The average molecular weight is 264 g/mol. The third kappa shape index (κ3) is 2.26. The molecule has 0 radical (unpaired) electrons. The molecule has 0 unspecified atom stereocenters. The van der Waals surface area contributed by atoms with Crippen molar-refractivity contribution in [1.82, 2.24) is 4.98 Å². The lowest BCUT2D eigenvalue weighted by Crippen LogP contribution is -1.93. The van der Waals surface area contributed by atoms with E-state index in [1.807, 2.05) is 18.2 Å². The fourth-order valence-electron chi connectivity index (χ4n) is 1.72. The first kappa shape index (κ1) is 12.7. The van der Waals surface area contributed by atoms with Crippen molar-refractivity contribution in [3.63, 3.8) is 0 Å². The van der Waals surface area contributed by atoms with E-state index in [2.05, 4.69) is 11.9 Å². The molecule has 18 heavy (non-hydrogen) atoms. The zero-order valence-electron chi connectivity index (χ0n) is 10.7. The van der Waals surface area contributed by atoms with Crippen LogP contribution in [0, 0.1) is 0 Å². The largest absolute Gasteiger partial charge is 0.497 e. The van der Waals surface area contributed by atoms with Crippen molar-refractivity contribution < 1.29 is 9.47 Å². The number of thiazole rings is 1. The van der Waals surface area contributed by atoms with Gasteiger partial charge in [0.15, 0.2) is 0 Å². The number of rotatable bonds is 4. The van der Waals surface area contributed by atoms with Crippen LogP contribution in [-0.2, 0) is 6.42 Å². The Morgan fingerprint density at radius 1 is 1.28 bits per heavy atom. The summed E-state index contributed by atoms with van der Waals surface area (Å²) in [6, 6.07) is 5.61. The van der Waals surface area contributed by atoms with Gasteiger partial charge >= 0.3 is 0 Å². The molecule has 2 aromatic rings. The Bertz CT molecular complexity index is 552. The van der Waals surface area contributed by atoms with E-state index in [-0.39, 0.29) is 0 Å². The number of nitrogen functional groups attached to an aromatic ring is 1. The second kappa shape index (κ2) is 5.27. The van der Waals surface area contributed by atoms with Gasteiger partial charge in [0.1, 0.15) is 22.2 Å². The van der Waals surface area contributed by atoms with E-state index in [0.717, 1.165) is 34.2 Å². The number of anilines is 1. The molecule has 4 nitrogen and oxygen atoms in total. The van der Waals surface area contributed by atoms with Gasteiger partial charge in [-0.3, -0.25) is 0 Å². The van der Waals surface area contributed by atoms with E-state index in [1.54, 1.807) is 14.2 Å². The number of aromatic nitrogens is 1. The summed E-state index contributed by atoms with van der Waals surface area (Å²) in [4.78, 5) is 4.54. The molecule has 0 aliphatic heterocycles. The number of nitrogens with two attached hydrogens (primary N) is 1. The molecule has 1 aromatic heterocycles. The molecule has 0 aliphatic rings. The molecule has 96 valence electrons. The fourth-order valence-corrected chi connectivity index (χ4v) is 2.51. The Morgan fingerprint density at radius 3 is 2.61 bits per heavy atom. The van der Waals surface area contributed by atoms with Crippen LogP contribution in [0.15, 0.2) is 18.2 Å². The van der Waals surface area contributed by atoms with Crippen molar-refractivity contribution in [2.24, 2.45) is 0 Å². The van der Waals surface area contributed by atoms with Crippen LogP contribution in [-0.4, -0.2) is 19.2 Å².